The maximum atomic E-state index is 10.4. The van der Waals surface area contributed by atoms with E-state index in [2.05, 4.69) is 0 Å². The molecule has 0 atom stereocenters. The van der Waals surface area contributed by atoms with Crippen LogP contribution in [-0.4, -0.2) is 11.2 Å². The van der Waals surface area contributed by atoms with Crippen molar-refractivity contribution in [1.82, 2.24) is 0 Å². The summed E-state index contributed by atoms with van der Waals surface area (Å²) >= 11 is 5.69. The third kappa shape index (κ3) is 2.40. The lowest BCUT2D eigenvalue weighted by molar-refractivity contribution is -0.384. The zero-order chi connectivity index (χ0) is 10.6. The second kappa shape index (κ2) is 4.53. The minimum absolute atomic E-state index is 0.0556. The Morgan fingerprint density at radius 3 is 2.79 bits per heavy atom. The summed E-state index contributed by atoms with van der Waals surface area (Å²) in [5, 5.41) is 10.6. The molecule has 0 radical (unpaired) electrons. The molecule has 0 bridgehead atoms. The average Bonchev–Trinajstić information content (AvgIpc) is 2.18. The highest BCUT2D eigenvalue weighted by Gasteiger charge is 2.06. The molecule has 1 rings (SSSR count). The van der Waals surface area contributed by atoms with Gasteiger partial charge in [0.2, 0.25) is 0 Å². The number of rotatable bonds is 3. The van der Waals surface area contributed by atoms with Gasteiger partial charge in [0.05, 0.1) is 9.96 Å². The molecule has 0 aliphatic heterocycles. The third-order valence-electron chi connectivity index (χ3n) is 1.55. The highest BCUT2D eigenvalue weighted by atomic mass is 35.5. The van der Waals surface area contributed by atoms with Gasteiger partial charge in [0.15, 0.2) is 0 Å². The van der Waals surface area contributed by atoms with Gasteiger partial charge in [-0.15, -0.1) is 0 Å². The molecule has 0 aliphatic rings. The number of hydrogen-bond donors (Lipinski definition) is 0. The normalized spacial score (nSPS) is 11.1. The molecule has 0 N–H and O–H groups in total. The molecule has 0 aliphatic carbocycles. The van der Waals surface area contributed by atoms with Crippen LogP contribution in [0.1, 0.15) is 5.56 Å². The molecule has 0 amide bonds. The number of aldehydes is 1. The maximum absolute atomic E-state index is 10.4. The fraction of sp³-hybridized carbons (Fsp3) is 0. The van der Waals surface area contributed by atoms with Crippen LogP contribution in [0.15, 0.2) is 30.3 Å². The van der Waals surface area contributed by atoms with Crippen LogP contribution in [0.2, 0.25) is 0 Å². The number of allylic oxidation sites excluding steroid dienone is 1. The summed E-state index contributed by atoms with van der Waals surface area (Å²) in [6.45, 7) is 0. The molecule has 1 aromatic rings. The molecule has 0 saturated carbocycles. The van der Waals surface area contributed by atoms with Crippen LogP contribution >= 0.6 is 11.6 Å². The molecule has 4 nitrogen and oxygen atoms in total. The number of hydrogen-bond acceptors (Lipinski definition) is 3. The Balaban J connectivity index is 3.11. The van der Waals surface area contributed by atoms with Crippen LogP contribution < -0.4 is 0 Å². The minimum atomic E-state index is -0.519. The van der Waals surface area contributed by atoms with E-state index >= 15 is 0 Å². The van der Waals surface area contributed by atoms with Gasteiger partial charge in [-0.25, -0.2) is 0 Å². The molecule has 0 spiro atoms. The van der Waals surface area contributed by atoms with E-state index in [1.54, 1.807) is 6.07 Å². The molecule has 0 fully saturated rings. The smallest absolute Gasteiger partial charge is 0.270 e. The molecule has 5 heteroatoms. The molecule has 0 heterocycles. The van der Waals surface area contributed by atoms with Crippen molar-refractivity contribution in [2.75, 3.05) is 0 Å². The lowest BCUT2D eigenvalue weighted by Crippen LogP contribution is -1.88. The summed E-state index contributed by atoms with van der Waals surface area (Å²) in [5.41, 5.74) is 0.396. The first-order chi connectivity index (χ1) is 6.65. The predicted octanol–water partition coefficient (Wildman–Crippen LogP) is 2.37. The van der Waals surface area contributed by atoms with E-state index < -0.39 is 4.92 Å². The van der Waals surface area contributed by atoms with Gasteiger partial charge in [0.25, 0.3) is 5.69 Å². The summed E-state index contributed by atoms with van der Waals surface area (Å²) < 4.78 is 0. The van der Waals surface area contributed by atoms with Crippen LogP contribution in [0.3, 0.4) is 0 Å². The van der Waals surface area contributed by atoms with Crippen molar-refractivity contribution in [3.63, 3.8) is 0 Å². The van der Waals surface area contributed by atoms with Crippen LogP contribution in [0.25, 0.3) is 5.03 Å². The molecular weight excluding hydrogens is 206 g/mol. The summed E-state index contributed by atoms with van der Waals surface area (Å²) in [5.74, 6) is 0. The van der Waals surface area contributed by atoms with Crippen LogP contribution in [-0.2, 0) is 4.79 Å². The zero-order valence-corrected chi connectivity index (χ0v) is 7.77. The molecule has 1 aromatic carbocycles. The van der Waals surface area contributed by atoms with Gasteiger partial charge >= 0.3 is 0 Å². The molecule has 72 valence electrons. The van der Waals surface area contributed by atoms with E-state index in [0.29, 0.717) is 11.8 Å². The number of nitro groups is 1. The number of carbonyl (C=O) groups excluding carboxylic acids is 1. The Labute approximate surface area is 85.0 Å². The van der Waals surface area contributed by atoms with Crippen molar-refractivity contribution in [1.29, 1.82) is 0 Å². The minimum Gasteiger partial charge on any atom is -0.299 e. The van der Waals surface area contributed by atoms with Gasteiger partial charge < -0.3 is 0 Å². The Kier molecular flexibility index (Phi) is 3.36. The summed E-state index contributed by atoms with van der Waals surface area (Å²) in [4.78, 5) is 20.0. The Hall–Kier alpha value is -1.68. The average molecular weight is 212 g/mol. The summed E-state index contributed by atoms with van der Waals surface area (Å²) in [6.07, 6.45) is 1.67. The van der Waals surface area contributed by atoms with Gasteiger partial charge in [-0.05, 0) is 11.6 Å². The zero-order valence-electron chi connectivity index (χ0n) is 7.01. The molecule has 0 unspecified atom stereocenters. The Morgan fingerprint density at radius 2 is 2.21 bits per heavy atom. The lowest BCUT2D eigenvalue weighted by atomic mass is 10.2. The number of halogens is 1. The number of benzene rings is 1. The molecule has 0 aromatic heterocycles. The number of nitrogens with zero attached hydrogens (tertiary/aromatic N) is 1. The largest absolute Gasteiger partial charge is 0.299 e. The standard InChI is InChI=1S/C9H6ClNO3/c10-9(4-5-12)7-2-1-3-8(6-7)11(13)14/h1-6H/b9-4-. The van der Waals surface area contributed by atoms with Crippen molar-refractivity contribution in [2.24, 2.45) is 0 Å². The topological polar surface area (TPSA) is 60.2 Å². The highest BCUT2D eigenvalue weighted by molar-refractivity contribution is 6.49. The summed E-state index contributed by atoms with van der Waals surface area (Å²) in [6, 6.07) is 5.76. The van der Waals surface area contributed by atoms with Crippen molar-refractivity contribution in [2.45, 2.75) is 0 Å². The van der Waals surface area contributed by atoms with Crippen molar-refractivity contribution in [3.05, 3.63) is 46.0 Å². The first-order valence-electron chi connectivity index (χ1n) is 3.71. The van der Waals surface area contributed by atoms with E-state index in [0.717, 1.165) is 6.08 Å². The number of nitro benzene ring substituents is 1. The van der Waals surface area contributed by atoms with Gasteiger partial charge in [-0.1, -0.05) is 23.7 Å². The molecule has 0 saturated heterocycles. The van der Waals surface area contributed by atoms with Gasteiger partial charge in [0.1, 0.15) is 6.29 Å². The van der Waals surface area contributed by atoms with E-state index in [4.69, 9.17) is 11.6 Å². The Morgan fingerprint density at radius 1 is 1.50 bits per heavy atom. The van der Waals surface area contributed by atoms with E-state index in [1.807, 2.05) is 0 Å². The van der Waals surface area contributed by atoms with Crippen LogP contribution in [0.5, 0.6) is 0 Å². The molecule has 14 heavy (non-hydrogen) atoms. The molecular formula is C9H6ClNO3. The SMILES string of the molecule is O=C/C=C(\Cl)c1cccc([N+](=O)[O-])c1. The number of non-ortho nitro benzene ring substituents is 1. The van der Waals surface area contributed by atoms with Gasteiger partial charge in [-0.2, -0.15) is 0 Å². The van der Waals surface area contributed by atoms with Crippen molar-refractivity contribution < 1.29 is 9.72 Å². The lowest BCUT2D eigenvalue weighted by Gasteiger charge is -1.97. The first-order valence-corrected chi connectivity index (χ1v) is 4.08. The first kappa shape index (κ1) is 10.4. The van der Waals surface area contributed by atoms with Crippen molar-refractivity contribution >= 4 is 28.6 Å². The fourth-order valence-corrected chi connectivity index (χ4v) is 1.09. The maximum Gasteiger partial charge on any atom is 0.270 e. The predicted molar refractivity (Wildman–Crippen MR) is 53.0 cm³/mol. The van der Waals surface area contributed by atoms with Gasteiger partial charge in [0, 0.05) is 12.1 Å². The van der Waals surface area contributed by atoms with E-state index in [-0.39, 0.29) is 10.7 Å². The van der Waals surface area contributed by atoms with Crippen LogP contribution in [0.4, 0.5) is 5.69 Å². The van der Waals surface area contributed by atoms with Crippen molar-refractivity contribution in [3.8, 4) is 0 Å². The summed E-state index contributed by atoms with van der Waals surface area (Å²) in [7, 11) is 0. The second-order valence-electron chi connectivity index (χ2n) is 2.46. The quantitative estimate of drug-likeness (QED) is 0.334. The van der Waals surface area contributed by atoms with E-state index in [1.165, 1.54) is 18.2 Å². The number of carbonyl (C=O) groups is 1. The monoisotopic (exact) mass is 211 g/mol. The van der Waals surface area contributed by atoms with Crippen LogP contribution in [0, 0.1) is 10.1 Å². The fourth-order valence-electron chi connectivity index (χ4n) is 0.924. The highest BCUT2D eigenvalue weighted by Crippen LogP contribution is 2.22. The second-order valence-corrected chi connectivity index (χ2v) is 2.87. The Bertz CT molecular complexity index is 401. The third-order valence-corrected chi connectivity index (χ3v) is 1.89. The van der Waals surface area contributed by atoms with Gasteiger partial charge in [-0.3, -0.25) is 14.9 Å². The van der Waals surface area contributed by atoms with E-state index in [9.17, 15) is 14.9 Å².